The molecule has 0 bridgehead atoms. The van der Waals surface area contributed by atoms with Gasteiger partial charge in [0.25, 0.3) is 0 Å². The number of nitrogens with two attached hydrogens (primary N) is 1. The van der Waals surface area contributed by atoms with Crippen molar-refractivity contribution in [3.05, 3.63) is 144 Å². The van der Waals surface area contributed by atoms with E-state index in [1.165, 1.54) is 84.6 Å². The number of nitrogens with zero attached hydrogens (tertiary/aromatic N) is 18. The second-order valence-corrected chi connectivity index (χ2v) is 50.4. The van der Waals surface area contributed by atoms with Gasteiger partial charge in [0.05, 0.1) is 59.7 Å². The molecule has 19 rings (SSSR count). The number of benzene rings is 3. The number of piperidine rings is 3. The first-order valence-corrected chi connectivity index (χ1v) is 58.4. The monoisotopic (exact) mass is 2130 g/mol. The number of anilines is 4. The number of phenols is 1. The van der Waals surface area contributed by atoms with Gasteiger partial charge in [-0.2, -0.15) is 57.4 Å². The molecule has 0 amide bonds. The fourth-order valence-electron chi connectivity index (χ4n) is 21.6. The molecule has 1 saturated carbocycles. The molecule has 7 aliphatic rings. The first-order chi connectivity index (χ1) is 68.5. The summed E-state index contributed by atoms with van der Waals surface area (Å²) in [6.07, 6.45) is -2.99. The van der Waals surface area contributed by atoms with Crippen molar-refractivity contribution >= 4 is 151 Å². The number of fused-ring (bicyclic) bond motifs is 6. The maximum Gasteiger partial charge on any atom is 0.393 e. The predicted octanol–water partition coefficient (Wildman–Crippen LogP) is 17.0. The largest absolute Gasteiger partial charge is 0.508 e. The number of halogens is 9. The van der Waals surface area contributed by atoms with Crippen LogP contribution >= 0.6 is 34.0 Å². The summed E-state index contributed by atoms with van der Waals surface area (Å²) in [4.78, 5) is 44.0. The van der Waals surface area contributed by atoms with Crippen LogP contribution in [0.15, 0.2) is 72.8 Å². The number of aromatic hydroxyl groups is 1. The standard InChI is InChI=1S/C35H46F3N7O2S2.C35H48F3N7O2S2.C31H41F3N8O3S2/c1-22-17-29-24(3)26(7-8-31(29)45(22)20-23(2)43-13-15-44(16-14-43)49(4,46)47)21-42-11-9-27(10-12-42)39-33-30-18-28(19-35(36,37)38)48-34(30)41-32(40-33)25-5-6-25;1-6-7-32-40-33(30-19-28(20-35(36,37)38)48-34(30)41-32)39-27-10-12-42(13-11-27)22-26-8-9-31-29(25(26)4)18-23(2)45(31)21-24(3)43-14-16-44(17-15-43)49(5,46)47;1-19-12-21-13-22(27(43)15-26(21)42(19)17-20(2)40-8-10-41(11-9-40)47(3,44)45)18-39-6-4-23(5-7-39)36-28-25-14-24(16-31(32,33)34)46-29(25)38-30(35)37-28/h7-8,17-18,23,25,27H,5-6,9-16,19-21H2,1-4H3,(H,39,40,41);8-9,18-19,24,27H,6-7,10-17,20-22H2,1-5H3,(H,39,40,41);12-15,20,23,43H,4-11,16-18H2,1-3H3,(H3,35,36,37,38)/t23-;24-;20-/m000/s1. The maximum absolute atomic E-state index is 13.2. The Balaban J connectivity index is 0.000000149. The number of phenolic OH excluding ortho intramolecular Hbond substituents is 1. The van der Waals surface area contributed by atoms with E-state index in [-0.39, 0.29) is 62.6 Å². The van der Waals surface area contributed by atoms with Gasteiger partial charge in [0, 0.05) is 276 Å². The molecule has 6 aliphatic heterocycles. The molecule has 9 aromatic heterocycles. The van der Waals surface area contributed by atoms with Crippen LogP contribution in [0.2, 0.25) is 0 Å². The van der Waals surface area contributed by atoms with Gasteiger partial charge in [-0.15, -0.1) is 34.0 Å². The Morgan fingerprint density at radius 1 is 0.407 bits per heavy atom. The van der Waals surface area contributed by atoms with E-state index >= 15 is 0 Å². The highest BCUT2D eigenvalue weighted by Crippen LogP contribution is 2.44. The van der Waals surface area contributed by atoms with Gasteiger partial charge in [0.2, 0.25) is 36.0 Å². The Morgan fingerprint density at radius 2 is 0.752 bits per heavy atom. The minimum atomic E-state index is -4.30. The molecule has 790 valence electrons. The molecule has 3 atom stereocenters. The van der Waals surface area contributed by atoms with E-state index in [0.717, 1.165) is 218 Å². The SMILES string of the molecule is CCCc1nc(NC2CCN(Cc3ccc4c(cc(C)n4C[C@H](C)N4CCN(S(C)(=O)=O)CC4)c3C)CC2)c2cc(CC(F)(F)F)sc2n1.Cc1c(CN2CCC(Nc3nc(C4CC4)nc4sc(CC(F)(F)F)cc34)CC2)ccc2c1cc(C)n2C[C@H](C)N1CCN(S(C)(=O)=O)CC1.Cc1cc2cc(CN3CCC(Nc4nc(N)nc5sc(CC(F)(F)F)cc45)CC3)c(O)cc2n1C[C@H](C)N1CCN(S(C)(=O)=O)CC1. The minimum absolute atomic E-state index is 0.0228. The smallest absolute Gasteiger partial charge is 0.393 e. The maximum atomic E-state index is 13.2. The molecule has 145 heavy (non-hydrogen) atoms. The van der Waals surface area contributed by atoms with E-state index in [1.54, 1.807) is 20.7 Å². The number of nitrogens with one attached hydrogen (secondary N) is 3. The van der Waals surface area contributed by atoms with Crippen molar-refractivity contribution in [1.29, 1.82) is 0 Å². The third kappa shape index (κ3) is 26.6. The highest BCUT2D eigenvalue weighted by atomic mass is 32.2. The van der Waals surface area contributed by atoms with Crippen LogP contribution in [-0.2, 0) is 95.0 Å². The van der Waals surface area contributed by atoms with Crippen LogP contribution in [0, 0.1) is 34.6 Å². The van der Waals surface area contributed by atoms with Gasteiger partial charge in [-0.25, -0.2) is 50.2 Å². The van der Waals surface area contributed by atoms with Crippen LogP contribution in [0.1, 0.15) is 163 Å². The van der Waals surface area contributed by atoms with Gasteiger partial charge in [-0.1, -0.05) is 19.1 Å². The van der Waals surface area contributed by atoms with Crippen LogP contribution in [0.4, 0.5) is 62.9 Å². The summed E-state index contributed by atoms with van der Waals surface area (Å²) in [6.45, 7) is 36.9. The molecule has 12 aromatic rings. The molecule has 1 aliphatic carbocycles. The number of likely N-dealkylation sites (tertiary alicyclic amines) is 3. The quantitative estimate of drug-likeness (QED) is 0.0261. The van der Waals surface area contributed by atoms with Gasteiger partial charge in [-0.05, 0) is 190 Å². The lowest BCUT2D eigenvalue weighted by molar-refractivity contribution is -0.127. The zero-order valence-electron chi connectivity index (χ0n) is 84.5. The minimum Gasteiger partial charge on any atom is -0.508 e. The lowest BCUT2D eigenvalue weighted by atomic mass is 10.0. The van der Waals surface area contributed by atoms with E-state index in [9.17, 15) is 69.9 Å². The summed E-state index contributed by atoms with van der Waals surface area (Å²) in [5.74, 6) is 3.81. The van der Waals surface area contributed by atoms with Crippen molar-refractivity contribution < 1.29 is 69.9 Å². The number of rotatable bonds is 30. The number of aromatic nitrogens is 9. The fraction of sp³-hybridized carbons (Fsp3) is 0.584. The summed E-state index contributed by atoms with van der Waals surface area (Å²) in [5.41, 5.74) is 19.0. The number of thiophene rings is 3. The molecule has 29 nitrogen and oxygen atoms in total. The van der Waals surface area contributed by atoms with Crippen LogP contribution < -0.4 is 21.7 Å². The predicted molar refractivity (Wildman–Crippen MR) is 561 cm³/mol. The molecule has 6 N–H and O–H groups in total. The van der Waals surface area contributed by atoms with E-state index < -0.39 is 67.9 Å². The third-order valence-electron chi connectivity index (χ3n) is 30.0. The Kier molecular flexibility index (Phi) is 32.7. The molecule has 6 saturated heterocycles. The van der Waals surface area contributed by atoms with Crippen LogP contribution in [-0.4, -0.2) is 308 Å². The summed E-state index contributed by atoms with van der Waals surface area (Å²) in [5, 5.41) is 27.2. The van der Waals surface area contributed by atoms with Crippen molar-refractivity contribution in [2.75, 3.05) is 158 Å². The number of nitrogen functional groups attached to an aromatic ring is 1. The highest BCUT2D eigenvalue weighted by molar-refractivity contribution is 7.88. The summed E-state index contributed by atoms with van der Waals surface area (Å²) in [6, 6.07) is 25.6. The zero-order valence-corrected chi connectivity index (χ0v) is 89.4. The normalized spacial score (nSPS) is 19.1. The zero-order chi connectivity index (χ0) is 103. The molecule has 0 radical (unpaired) electrons. The number of aryl methyl sites for hydroxylation is 6. The third-order valence-corrected chi connectivity index (χ3v) is 37.0. The van der Waals surface area contributed by atoms with Gasteiger partial charge in [-0.3, -0.25) is 29.4 Å². The Hall–Kier alpha value is -8.74. The van der Waals surface area contributed by atoms with E-state index in [0.29, 0.717) is 125 Å². The molecule has 0 spiro atoms. The molecule has 44 heteroatoms. The topological polar surface area (TPSA) is 306 Å². The van der Waals surface area contributed by atoms with E-state index in [1.807, 2.05) is 13.0 Å². The number of hydrogen-bond acceptors (Lipinski definition) is 26. The van der Waals surface area contributed by atoms with Crippen LogP contribution in [0.3, 0.4) is 0 Å². The van der Waals surface area contributed by atoms with E-state index in [2.05, 4.69) is 183 Å². The number of hydrogen-bond donors (Lipinski definition) is 5. The number of alkyl halides is 9. The van der Waals surface area contributed by atoms with Crippen LogP contribution in [0.5, 0.6) is 5.75 Å². The molecule has 15 heterocycles. The van der Waals surface area contributed by atoms with Gasteiger partial charge >= 0.3 is 18.5 Å². The number of sulfonamides is 3. The lowest BCUT2D eigenvalue weighted by Gasteiger charge is -2.37. The van der Waals surface area contributed by atoms with Crippen molar-refractivity contribution in [2.45, 2.75) is 246 Å². The van der Waals surface area contributed by atoms with Gasteiger partial charge in [0.15, 0.2) is 0 Å². The fourth-order valence-corrected chi connectivity index (χ4v) is 27.3. The van der Waals surface area contributed by atoms with Crippen molar-refractivity contribution in [2.24, 2.45) is 0 Å². The lowest BCUT2D eigenvalue weighted by Crippen LogP contribution is -2.51. The van der Waals surface area contributed by atoms with Crippen molar-refractivity contribution in [1.82, 2.24) is 85.9 Å². The first-order valence-electron chi connectivity index (χ1n) is 50.4. The van der Waals surface area contributed by atoms with Gasteiger partial charge in [0.1, 0.15) is 49.3 Å². The van der Waals surface area contributed by atoms with E-state index in [4.69, 9.17) is 15.7 Å². The second-order valence-electron chi connectivity index (χ2n) is 41.1. The number of piperazine rings is 3. The molecule has 3 aromatic carbocycles. The molecule has 0 unspecified atom stereocenters. The van der Waals surface area contributed by atoms with Crippen LogP contribution in [0.25, 0.3) is 63.4 Å². The molecular formula is C101H135F9N22O7S6. The average molecular weight is 2130 g/mol. The Bertz CT molecular complexity index is 7000. The average Bonchev–Trinajstić information content (AvgIpc) is 2.30. The van der Waals surface area contributed by atoms with Gasteiger partial charge < -0.3 is 40.5 Å². The first kappa shape index (κ1) is 108. The molecule has 7 fully saturated rings. The summed E-state index contributed by atoms with van der Waals surface area (Å²) in [7, 11) is -9.48. The summed E-state index contributed by atoms with van der Waals surface area (Å²) >= 11 is 3.23. The molecular weight excluding hydrogens is 2000 g/mol. The Labute approximate surface area is 854 Å². The second kappa shape index (κ2) is 44.1. The summed E-state index contributed by atoms with van der Waals surface area (Å²) < 4.78 is 201. The van der Waals surface area contributed by atoms with Crippen molar-refractivity contribution in [3.63, 3.8) is 0 Å². The Morgan fingerprint density at radius 3 is 1.12 bits per heavy atom. The van der Waals surface area contributed by atoms with Crippen molar-refractivity contribution in [3.8, 4) is 5.75 Å². The highest BCUT2D eigenvalue weighted by Gasteiger charge is 2.38.